The monoisotopic (exact) mass is 422 g/mol. The van der Waals surface area contributed by atoms with Crippen LogP contribution in [0.15, 0.2) is 66.9 Å². The largest absolute Gasteiger partial charge is 0.345 e. The van der Waals surface area contributed by atoms with Crippen LogP contribution in [0.5, 0.6) is 0 Å². The van der Waals surface area contributed by atoms with Crippen molar-refractivity contribution in [3.8, 4) is 0 Å². The Kier molecular flexibility index (Phi) is 4.27. The van der Waals surface area contributed by atoms with Crippen molar-refractivity contribution in [3.63, 3.8) is 0 Å². The summed E-state index contributed by atoms with van der Waals surface area (Å²) in [7, 11) is 0. The molecule has 1 aromatic heterocycles. The zero-order chi connectivity index (χ0) is 22.0. The zero-order valence-electron chi connectivity index (χ0n) is 19.1. The first-order valence-electron chi connectivity index (χ1n) is 11.8. The average molecular weight is 423 g/mol. The molecule has 7 rings (SSSR count). The fourth-order valence-electron chi connectivity index (χ4n) is 6.20. The third-order valence-electron chi connectivity index (χ3n) is 8.36. The molecule has 2 unspecified atom stereocenters. The molecule has 1 amide bonds. The molecule has 3 nitrogen and oxygen atoms in total. The molecule has 2 aromatic carbocycles. The summed E-state index contributed by atoms with van der Waals surface area (Å²) in [6.07, 6.45) is 7.04. The van der Waals surface area contributed by atoms with Crippen LogP contribution in [0.2, 0.25) is 0 Å². The second kappa shape index (κ2) is 6.96. The summed E-state index contributed by atoms with van der Waals surface area (Å²) in [6.45, 7) is 8.38. The first-order chi connectivity index (χ1) is 15.4. The first-order valence-corrected chi connectivity index (χ1v) is 11.8. The van der Waals surface area contributed by atoms with Crippen LogP contribution in [0.4, 0.5) is 5.69 Å². The molecule has 3 heteroatoms. The number of hydrogen-bond acceptors (Lipinski definition) is 1. The fourth-order valence-corrected chi connectivity index (χ4v) is 6.20. The van der Waals surface area contributed by atoms with Crippen molar-refractivity contribution < 1.29 is 4.79 Å². The van der Waals surface area contributed by atoms with Crippen molar-refractivity contribution >= 4 is 17.2 Å². The Morgan fingerprint density at radius 2 is 1.88 bits per heavy atom. The molecule has 4 aliphatic rings. The van der Waals surface area contributed by atoms with Crippen molar-refractivity contribution in [1.29, 1.82) is 0 Å². The number of allylic oxidation sites excluding steroid dienone is 2. The maximum atomic E-state index is 13.8. The van der Waals surface area contributed by atoms with Gasteiger partial charge in [-0.3, -0.25) is 4.79 Å². The van der Waals surface area contributed by atoms with E-state index in [2.05, 4.69) is 80.1 Å². The highest BCUT2D eigenvalue weighted by Gasteiger charge is 2.51. The summed E-state index contributed by atoms with van der Waals surface area (Å²) in [4.78, 5) is 15.7. The van der Waals surface area contributed by atoms with Crippen LogP contribution in [-0.2, 0) is 13.1 Å². The van der Waals surface area contributed by atoms with E-state index in [0.717, 1.165) is 29.4 Å². The van der Waals surface area contributed by atoms with Gasteiger partial charge in [-0.1, -0.05) is 44.2 Å². The summed E-state index contributed by atoms with van der Waals surface area (Å²) < 4.78 is 2.24. The molecule has 0 radical (unpaired) electrons. The van der Waals surface area contributed by atoms with Gasteiger partial charge in [-0.2, -0.15) is 0 Å². The van der Waals surface area contributed by atoms with Gasteiger partial charge >= 0.3 is 0 Å². The number of carbonyl (C=O) groups excluding carboxylic acids is 1. The number of anilines is 1. The van der Waals surface area contributed by atoms with Crippen LogP contribution in [-0.4, -0.2) is 10.5 Å². The molecule has 0 spiro atoms. The molecule has 1 aliphatic heterocycles. The number of rotatable bonds is 2. The van der Waals surface area contributed by atoms with Gasteiger partial charge in [0.05, 0.1) is 6.54 Å². The number of hydrogen-bond donors (Lipinski definition) is 0. The van der Waals surface area contributed by atoms with E-state index in [4.69, 9.17) is 0 Å². The summed E-state index contributed by atoms with van der Waals surface area (Å²) in [5.41, 5.74) is 8.54. The Labute approximate surface area is 190 Å². The Hall–Kier alpha value is -3.07. The minimum absolute atomic E-state index is 0.0726. The van der Waals surface area contributed by atoms with Gasteiger partial charge in [0.25, 0.3) is 5.91 Å². The van der Waals surface area contributed by atoms with Crippen molar-refractivity contribution in [2.24, 2.45) is 17.3 Å². The lowest BCUT2D eigenvalue weighted by atomic mass is 9.48. The van der Waals surface area contributed by atoms with Crippen LogP contribution >= 0.6 is 0 Å². The van der Waals surface area contributed by atoms with E-state index in [-0.39, 0.29) is 5.91 Å². The van der Waals surface area contributed by atoms with Crippen molar-refractivity contribution in [1.82, 2.24) is 4.57 Å². The number of fused-ring (bicyclic) bond motifs is 3. The quantitative estimate of drug-likeness (QED) is 0.466. The van der Waals surface area contributed by atoms with E-state index < -0.39 is 0 Å². The molecule has 32 heavy (non-hydrogen) atoms. The van der Waals surface area contributed by atoms with Gasteiger partial charge in [-0.05, 0) is 89.6 Å². The molecule has 3 aliphatic carbocycles. The molecule has 2 bridgehead atoms. The lowest BCUT2D eigenvalue weighted by Crippen LogP contribution is -2.47. The predicted molar refractivity (Wildman–Crippen MR) is 130 cm³/mol. The first kappa shape index (κ1) is 19.6. The van der Waals surface area contributed by atoms with Crippen molar-refractivity contribution in [3.05, 3.63) is 94.8 Å². The number of nitrogens with zero attached hydrogens (tertiary/aromatic N) is 2. The number of aromatic nitrogens is 1. The molecule has 1 saturated carbocycles. The number of benzene rings is 2. The Morgan fingerprint density at radius 3 is 2.66 bits per heavy atom. The molecule has 3 aromatic rings. The molecular formula is C29H30N2O. The van der Waals surface area contributed by atoms with Crippen molar-refractivity contribution in [2.75, 3.05) is 4.90 Å². The van der Waals surface area contributed by atoms with Crippen molar-refractivity contribution in [2.45, 2.75) is 46.7 Å². The van der Waals surface area contributed by atoms with Gasteiger partial charge in [-0.15, -0.1) is 0 Å². The lowest BCUT2D eigenvalue weighted by Gasteiger charge is -2.56. The number of para-hydroxylation sites is 1. The van der Waals surface area contributed by atoms with Crippen LogP contribution < -0.4 is 4.90 Å². The number of amides is 1. The summed E-state index contributed by atoms with van der Waals surface area (Å²) in [5.74, 6) is 1.55. The molecule has 162 valence electrons. The molecule has 2 heterocycles. The average Bonchev–Trinajstić information content (AvgIpc) is 3.17. The van der Waals surface area contributed by atoms with Crippen LogP contribution in [0.1, 0.15) is 59.4 Å². The van der Waals surface area contributed by atoms with Crippen LogP contribution in [0.3, 0.4) is 0 Å². The topological polar surface area (TPSA) is 25.2 Å². The normalized spacial score (nSPS) is 22.8. The molecule has 2 atom stereocenters. The van der Waals surface area contributed by atoms with E-state index in [1.807, 2.05) is 17.0 Å². The second-order valence-corrected chi connectivity index (χ2v) is 10.4. The summed E-state index contributed by atoms with van der Waals surface area (Å²) in [6, 6.07) is 18.8. The molecule has 0 N–H and O–H groups in total. The zero-order valence-corrected chi connectivity index (χ0v) is 19.1. The fraction of sp³-hybridized carbons (Fsp3) is 0.345. The minimum Gasteiger partial charge on any atom is -0.345 e. The smallest absolute Gasteiger partial charge is 0.258 e. The number of aryl methyl sites for hydroxylation is 1. The highest BCUT2D eigenvalue weighted by atomic mass is 16.2. The van der Waals surface area contributed by atoms with Crippen LogP contribution in [0, 0.1) is 24.2 Å². The highest BCUT2D eigenvalue weighted by Crippen LogP contribution is 2.61. The van der Waals surface area contributed by atoms with E-state index in [1.54, 1.807) is 0 Å². The predicted octanol–water partition coefficient (Wildman–Crippen LogP) is 6.45. The minimum atomic E-state index is 0.0726. The molecular weight excluding hydrogens is 392 g/mol. The standard InChI is InChI=1S/C29H30N2O/c1-19-15-20(10-12-24(19)25-13-11-22-16-26(25)29(22,2)3)28(32)31-18-23-8-6-14-30(23)17-21-7-4-5-9-27(21)31/h4-10,12-15,22,26H,11,16-18H2,1-3H3. The van der Waals surface area contributed by atoms with Gasteiger partial charge in [0, 0.05) is 29.7 Å². The lowest BCUT2D eigenvalue weighted by molar-refractivity contribution is 0.0113. The number of carbonyl (C=O) groups is 1. The van der Waals surface area contributed by atoms with Crippen LogP contribution in [0.25, 0.3) is 5.57 Å². The SMILES string of the molecule is Cc1cc(C(=O)N2Cc3cccn3Cc3ccccc32)ccc1C1=CCC2CC1C2(C)C. The Bertz CT molecular complexity index is 1260. The van der Waals surface area contributed by atoms with Gasteiger partial charge in [-0.25, -0.2) is 0 Å². The molecule has 1 fully saturated rings. The van der Waals surface area contributed by atoms with Gasteiger partial charge in [0.2, 0.25) is 0 Å². The van der Waals surface area contributed by atoms with E-state index in [0.29, 0.717) is 17.9 Å². The maximum absolute atomic E-state index is 13.8. The highest BCUT2D eigenvalue weighted by molar-refractivity contribution is 6.06. The third kappa shape index (κ3) is 2.83. The summed E-state index contributed by atoms with van der Waals surface area (Å²) >= 11 is 0. The summed E-state index contributed by atoms with van der Waals surface area (Å²) in [5, 5.41) is 0. The van der Waals surface area contributed by atoms with Gasteiger partial charge < -0.3 is 9.47 Å². The van der Waals surface area contributed by atoms with Gasteiger partial charge in [0.15, 0.2) is 0 Å². The Morgan fingerprint density at radius 1 is 1.03 bits per heavy atom. The van der Waals surface area contributed by atoms with E-state index >= 15 is 0 Å². The third-order valence-corrected chi connectivity index (χ3v) is 8.36. The van der Waals surface area contributed by atoms with E-state index in [1.165, 1.54) is 35.1 Å². The maximum Gasteiger partial charge on any atom is 0.258 e. The second-order valence-electron chi connectivity index (χ2n) is 10.4. The van der Waals surface area contributed by atoms with E-state index in [9.17, 15) is 4.79 Å². The molecule has 0 saturated heterocycles. The Balaban J connectivity index is 1.35. The van der Waals surface area contributed by atoms with Gasteiger partial charge in [0.1, 0.15) is 0 Å².